The van der Waals surface area contributed by atoms with E-state index >= 15 is 0 Å². The number of aliphatic hydroxyl groups is 11. The molecule has 2 aliphatic carbocycles. The molecule has 3 aliphatic heterocycles. The Labute approximate surface area is 232 Å². The van der Waals surface area contributed by atoms with Crippen molar-refractivity contribution in [3.05, 3.63) is 0 Å². The average Bonchev–Trinajstić information content (AvgIpc) is 2.93. The Kier molecular flexibility index (Phi) is 10.0. The highest BCUT2D eigenvalue weighted by Crippen LogP contribution is 2.42. The maximum atomic E-state index is 11.0. The first-order valence-corrected chi connectivity index (χ1v) is 14.4. The Balaban J connectivity index is 1.38. The Morgan fingerprint density at radius 1 is 0.700 bits per heavy atom. The topological polar surface area (TPSA) is 232 Å². The summed E-state index contributed by atoms with van der Waals surface area (Å²) in [6, 6.07) is 0. The van der Waals surface area contributed by atoms with E-state index < -0.39 is 80.2 Å². The van der Waals surface area contributed by atoms with Gasteiger partial charge in [0.05, 0.1) is 37.4 Å². The summed E-state index contributed by atoms with van der Waals surface area (Å²) in [4.78, 5) is 0. The van der Waals surface area contributed by atoms with E-state index in [-0.39, 0.29) is 43.2 Å². The van der Waals surface area contributed by atoms with Gasteiger partial charge < -0.3 is 69.6 Å². The molecule has 0 radical (unpaired) electrons. The molecule has 3 saturated heterocycles. The predicted octanol–water partition coefficient (Wildman–Crippen LogP) is -4.01. The zero-order chi connectivity index (χ0) is 28.7. The molecule has 0 aromatic carbocycles. The summed E-state index contributed by atoms with van der Waals surface area (Å²) in [6.07, 6.45) is -12.8. The molecule has 232 valence electrons. The van der Waals surface area contributed by atoms with Gasteiger partial charge in [-0.3, -0.25) is 0 Å². The van der Waals surface area contributed by atoms with Gasteiger partial charge in [-0.05, 0) is 32.1 Å². The number of rotatable bonds is 6. The van der Waals surface area contributed by atoms with Gasteiger partial charge in [0.15, 0.2) is 24.8 Å². The fourth-order valence-electron chi connectivity index (χ4n) is 7.01. The van der Waals surface area contributed by atoms with Crippen LogP contribution in [0.3, 0.4) is 0 Å². The van der Waals surface area contributed by atoms with E-state index in [9.17, 15) is 46.0 Å². The molecule has 5 fully saturated rings. The van der Waals surface area contributed by atoms with Crippen molar-refractivity contribution < 1.29 is 69.6 Å². The fraction of sp³-hybridized carbons (Fsp3) is 1.00. The van der Waals surface area contributed by atoms with Crippen LogP contribution >= 0.6 is 0 Å². The van der Waals surface area contributed by atoms with E-state index in [2.05, 4.69) is 0 Å². The zero-order valence-electron chi connectivity index (χ0n) is 22.3. The van der Waals surface area contributed by atoms with E-state index in [4.69, 9.17) is 23.7 Å². The third-order valence-corrected chi connectivity index (χ3v) is 9.37. The van der Waals surface area contributed by atoms with Crippen LogP contribution in [0, 0.1) is 11.8 Å². The first kappa shape index (κ1) is 30.9. The number of aliphatic hydroxyl groups excluding tert-OH is 9. The van der Waals surface area contributed by atoms with E-state index in [0.717, 1.165) is 0 Å². The zero-order valence-corrected chi connectivity index (χ0v) is 22.3. The summed E-state index contributed by atoms with van der Waals surface area (Å²) >= 11 is 0. The highest BCUT2D eigenvalue weighted by molar-refractivity contribution is 4.98. The predicted molar refractivity (Wildman–Crippen MR) is 132 cm³/mol. The van der Waals surface area contributed by atoms with E-state index in [1.807, 2.05) is 0 Å². The standard InChI is InChI=1S/C26H44O14/c27-8-18-20(33)21(34)24(40-25-22(35)19(32)15(31)9-36-25)26(39-18)38-17-7-13-14(30)5-12(29)6-16(13)37-23(17)10-1-3-11(28)4-2-10/h10-35H,1-9H2/p+1. The van der Waals surface area contributed by atoms with Crippen LogP contribution in [0.4, 0.5) is 0 Å². The van der Waals surface area contributed by atoms with Crippen molar-refractivity contribution in [1.29, 1.82) is 0 Å². The van der Waals surface area contributed by atoms with Crippen molar-refractivity contribution in [1.82, 2.24) is 0 Å². The summed E-state index contributed by atoms with van der Waals surface area (Å²) in [7, 11) is 0. The molecule has 14 heteroatoms. The van der Waals surface area contributed by atoms with Crippen LogP contribution in [-0.2, 0) is 18.9 Å². The Morgan fingerprint density at radius 2 is 1.43 bits per heavy atom. The minimum atomic E-state index is -1.67. The van der Waals surface area contributed by atoms with Gasteiger partial charge in [-0.15, -0.1) is 0 Å². The van der Waals surface area contributed by atoms with Crippen LogP contribution in [0.1, 0.15) is 44.9 Å². The minimum Gasteiger partial charge on any atom is -0.427 e. The van der Waals surface area contributed by atoms with Crippen molar-refractivity contribution in [3.63, 3.8) is 0 Å². The van der Waals surface area contributed by atoms with Gasteiger partial charge in [-0.25, -0.2) is 0 Å². The van der Waals surface area contributed by atoms with E-state index in [1.54, 1.807) is 0 Å². The maximum absolute atomic E-state index is 11.0. The lowest BCUT2D eigenvalue weighted by atomic mass is 9.73. The molecule has 14 nitrogen and oxygen atoms in total. The smallest absolute Gasteiger partial charge is 0.187 e. The van der Waals surface area contributed by atoms with E-state index in [0.29, 0.717) is 38.5 Å². The molecule has 15 atom stereocenters. The van der Waals surface area contributed by atoms with Crippen molar-refractivity contribution in [2.24, 2.45) is 11.8 Å². The lowest BCUT2D eigenvalue weighted by Crippen LogP contribution is -2.65. The van der Waals surface area contributed by atoms with Crippen LogP contribution in [0.5, 0.6) is 0 Å². The monoisotopic (exact) mass is 581 g/mol. The first-order valence-electron chi connectivity index (χ1n) is 14.4. The SMILES string of the molecule is OCC1OC(OC2CC3C(O)CC(O)CC3[OH+]C2C2CCC(O)CC2)C(OC2OCC(O)C(O)C2O)C(O)C1O. The number of hydrogen-bond donors (Lipinski definition) is 9. The molecule has 0 spiro atoms. The molecule has 0 aromatic heterocycles. The second kappa shape index (κ2) is 13.0. The van der Waals surface area contributed by atoms with Gasteiger partial charge in [-0.1, -0.05) is 0 Å². The molecule has 15 unspecified atom stereocenters. The summed E-state index contributed by atoms with van der Waals surface area (Å²) in [6.45, 7) is -0.970. The third-order valence-electron chi connectivity index (χ3n) is 9.37. The summed E-state index contributed by atoms with van der Waals surface area (Å²) in [5.74, 6) is -0.233. The highest BCUT2D eigenvalue weighted by atomic mass is 16.8. The summed E-state index contributed by atoms with van der Waals surface area (Å²) < 4.78 is 28.5. The van der Waals surface area contributed by atoms with Gasteiger partial charge in [0.25, 0.3) is 0 Å². The Bertz CT molecular complexity index is 812. The molecule has 2 saturated carbocycles. The molecule has 5 aliphatic rings. The molecule has 5 rings (SSSR count). The molecule has 0 aromatic rings. The highest BCUT2D eigenvalue weighted by Gasteiger charge is 2.55. The Morgan fingerprint density at radius 3 is 2.12 bits per heavy atom. The summed E-state index contributed by atoms with van der Waals surface area (Å²) in [5, 5.41) is 92.7. The van der Waals surface area contributed by atoms with Crippen molar-refractivity contribution >= 4 is 0 Å². The largest absolute Gasteiger partial charge is 0.427 e. The molecule has 0 bridgehead atoms. The second-order valence-electron chi connectivity index (χ2n) is 12.1. The number of hydrogen-bond acceptors (Lipinski definition) is 13. The van der Waals surface area contributed by atoms with Crippen molar-refractivity contribution in [3.8, 4) is 0 Å². The van der Waals surface area contributed by atoms with Crippen molar-refractivity contribution in [2.45, 2.75) is 137 Å². The normalized spacial score (nSPS) is 54.1. The number of ether oxygens (including phenoxy) is 5. The van der Waals surface area contributed by atoms with E-state index in [1.165, 1.54) is 0 Å². The molecular formula is C26H45O14+. The van der Waals surface area contributed by atoms with Gasteiger partial charge in [0.1, 0.15) is 48.8 Å². The lowest BCUT2D eigenvalue weighted by Gasteiger charge is -2.49. The van der Waals surface area contributed by atoms with Gasteiger partial charge in [-0.2, -0.15) is 0 Å². The first-order chi connectivity index (χ1) is 19.1. The van der Waals surface area contributed by atoms with Crippen LogP contribution < -0.4 is 0 Å². The average molecular weight is 582 g/mol. The summed E-state index contributed by atoms with van der Waals surface area (Å²) in [5.41, 5.74) is 0. The molecule has 40 heavy (non-hydrogen) atoms. The quantitative estimate of drug-likeness (QED) is 0.136. The minimum absolute atomic E-state index is 0.0535. The van der Waals surface area contributed by atoms with Gasteiger partial charge in [0.2, 0.25) is 0 Å². The molecule has 3 heterocycles. The maximum Gasteiger partial charge on any atom is 0.187 e. The number of fused-ring (bicyclic) bond motifs is 1. The third kappa shape index (κ3) is 6.36. The molecular weight excluding hydrogens is 536 g/mol. The molecule has 10 N–H and O–H groups in total. The second-order valence-corrected chi connectivity index (χ2v) is 12.1. The van der Waals surface area contributed by atoms with Crippen LogP contribution in [0.2, 0.25) is 0 Å². The Hall–Kier alpha value is -0.560. The fourth-order valence-corrected chi connectivity index (χ4v) is 7.01. The van der Waals surface area contributed by atoms with Crippen LogP contribution in [0.25, 0.3) is 0 Å². The van der Waals surface area contributed by atoms with Crippen LogP contribution in [-0.4, -0.2) is 156 Å². The van der Waals surface area contributed by atoms with Crippen molar-refractivity contribution in [2.75, 3.05) is 13.2 Å². The lowest BCUT2D eigenvalue weighted by molar-refractivity contribution is -0.381. The van der Waals surface area contributed by atoms with Gasteiger partial charge >= 0.3 is 0 Å². The van der Waals surface area contributed by atoms with Gasteiger partial charge in [0, 0.05) is 18.8 Å². The molecule has 0 amide bonds. The van der Waals surface area contributed by atoms with Crippen LogP contribution in [0.15, 0.2) is 0 Å².